The Bertz CT molecular complexity index is 461. The van der Waals surface area contributed by atoms with Crippen LogP contribution >= 0.6 is 0 Å². The SMILES string of the molecule is C=CCCC(O)c1cnn2ccccc12. The van der Waals surface area contributed by atoms with Crippen molar-refractivity contribution < 1.29 is 5.11 Å². The molecule has 15 heavy (non-hydrogen) atoms. The summed E-state index contributed by atoms with van der Waals surface area (Å²) in [4.78, 5) is 0. The molecule has 0 saturated carbocycles. The van der Waals surface area contributed by atoms with Crippen LogP contribution in [-0.4, -0.2) is 14.7 Å². The molecule has 2 aromatic rings. The lowest BCUT2D eigenvalue weighted by Gasteiger charge is -2.06. The van der Waals surface area contributed by atoms with E-state index in [-0.39, 0.29) is 0 Å². The van der Waals surface area contributed by atoms with Crippen LogP contribution in [0.25, 0.3) is 5.52 Å². The summed E-state index contributed by atoms with van der Waals surface area (Å²) in [6.45, 7) is 3.64. The molecule has 1 atom stereocenters. The Morgan fingerprint density at radius 1 is 1.53 bits per heavy atom. The van der Waals surface area contributed by atoms with Crippen LogP contribution in [0, 0.1) is 0 Å². The molecule has 2 heterocycles. The summed E-state index contributed by atoms with van der Waals surface area (Å²) in [6, 6.07) is 5.82. The topological polar surface area (TPSA) is 37.5 Å². The molecule has 0 spiro atoms. The molecular formula is C12H14N2O. The number of nitrogens with zero attached hydrogens (tertiary/aromatic N) is 2. The third kappa shape index (κ3) is 1.92. The van der Waals surface area contributed by atoms with Gasteiger partial charge in [0, 0.05) is 11.8 Å². The van der Waals surface area contributed by atoms with Gasteiger partial charge in [0.1, 0.15) is 0 Å². The average Bonchev–Trinajstić information content (AvgIpc) is 2.69. The summed E-state index contributed by atoms with van der Waals surface area (Å²) >= 11 is 0. The van der Waals surface area contributed by atoms with Crippen molar-refractivity contribution in [3.63, 3.8) is 0 Å². The van der Waals surface area contributed by atoms with Crippen LogP contribution in [0.15, 0.2) is 43.2 Å². The maximum absolute atomic E-state index is 9.94. The van der Waals surface area contributed by atoms with Gasteiger partial charge in [0.25, 0.3) is 0 Å². The van der Waals surface area contributed by atoms with Crippen LogP contribution in [0.3, 0.4) is 0 Å². The fourth-order valence-electron chi connectivity index (χ4n) is 1.64. The summed E-state index contributed by atoms with van der Waals surface area (Å²) in [7, 11) is 0. The van der Waals surface area contributed by atoms with Crippen molar-refractivity contribution in [3.8, 4) is 0 Å². The number of aromatic nitrogens is 2. The Balaban J connectivity index is 2.30. The van der Waals surface area contributed by atoms with Crippen LogP contribution in [0.2, 0.25) is 0 Å². The molecule has 0 aromatic carbocycles. The van der Waals surface area contributed by atoms with Crippen molar-refractivity contribution >= 4 is 5.52 Å². The molecule has 0 aliphatic rings. The van der Waals surface area contributed by atoms with E-state index in [2.05, 4.69) is 11.7 Å². The van der Waals surface area contributed by atoms with Crippen LogP contribution in [0.4, 0.5) is 0 Å². The van der Waals surface area contributed by atoms with Gasteiger partial charge in [-0.05, 0) is 25.0 Å². The predicted molar refractivity (Wildman–Crippen MR) is 59.6 cm³/mol. The Labute approximate surface area is 88.7 Å². The molecule has 3 heteroatoms. The van der Waals surface area contributed by atoms with E-state index in [1.807, 2.05) is 30.5 Å². The third-order valence-electron chi connectivity index (χ3n) is 2.46. The first-order valence-electron chi connectivity index (χ1n) is 5.04. The lowest BCUT2D eigenvalue weighted by atomic mass is 10.1. The lowest BCUT2D eigenvalue weighted by Crippen LogP contribution is -1.96. The molecule has 3 nitrogen and oxygen atoms in total. The van der Waals surface area contributed by atoms with Gasteiger partial charge >= 0.3 is 0 Å². The van der Waals surface area contributed by atoms with Crippen molar-refractivity contribution in [1.82, 2.24) is 9.61 Å². The van der Waals surface area contributed by atoms with Crippen molar-refractivity contribution in [2.24, 2.45) is 0 Å². The van der Waals surface area contributed by atoms with Crippen molar-refractivity contribution in [3.05, 3.63) is 48.8 Å². The van der Waals surface area contributed by atoms with Gasteiger partial charge < -0.3 is 5.11 Å². The molecule has 0 aliphatic carbocycles. The first kappa shape index (κ1) is 9.93. The van der Waals surface area contributed by atoms with E-state index >= 15 is 0 Å². The van der Waals surface area contributed by atoms with Gasteiger partial charge in [-0.15, -0.1) is 6.58 Å². The Morgan fingerprint density at radius 2 is 2.40 bits per heavy atom. The number of allylic oxidation sites excluding steroid dienone is 1. The van der Waals surface area contributed by atoms with Gasteiger partial charge in [-0.3, -0.25) is 0 Å². The van der Waals surface area contributed by atoms with Crippen LogP contribution < -0.4 is 0 Å². The minimum atomic E-state index is -0.456. The summed E-state index contributed by atoms with van der Waals surface area (Å²) in [5.41, 5.74) is 1.85. The fourth-order valence-corrected chi connectivity index (χ4v) is 1.64. The smallest absolute Gasteiger partial charge is 0.0829 e. The average molecular weight is 202 g/mol. The fraction of sp³-hybridized carbons (Fsp3) is 0.250. The van der Waals surface area contributed by atoms with Crippen molar-refractivity contribution in [2.45, 2.75) is 18.9 Å². The molecule has 1 N–H and O–H groups in total. The zero-order valence-corrected chi connectivity index (χ0v) is 8.50. The molecular weight excluding hydrogens is 188 g/mol. The van der Waals surface area contributed by atoms with E-state index in [0.29, 0.717) is 6.42 Å². The summed E-state index contributed by atoms with van der Waals surface area (Å²) in [6.07, 6.45) is 6.46. The highest BCUT2D eigenvalue weighted by Crippen LogP contribution is 2.22. The number of pyridine rings is 1. The zero-order valence-electron chi connectivity index (χ0n) is 8.50. The largest absolute Gasteiger partial charge is 0.388 e. The monoisotopic (exact) mass is 202 g/mol. The second-order valence-corrected chi connectivity index (χ2v) is 3.51. The highest BCUT2D eigenvalue weighted by atomic mass is 16.3. The number of aliphatic hydroxyl groups excluding tert-OH is 1. The third-order valence-corrected chi connectivity index (χ3v) is 2.46. The molecule has 2 rings (SSSR count). The first-order chi connectivity index (χ1) is 7.33. The Morgan fingerprint density at radius 3 is 3.20 bits per heavy atom. The minimum absolute atomic E-state index is 0.456. The zero-order chi connectivity index (χ0) is 10.7. The molecule has 0 amide bonds. The summed E-state index contributed by atoms with van der Waals surface area (Å²) < 4.78 is 1.77. The molecule has 0 fully saturated rings. The molecule has 1 unspecified atom stereocenters. The lowest BCUT2D eigenvalue weighted by molar-refractivity contribution is 0.170. The summed E-state index contributed by atoms with van der Waals surface area (Å²) in [5.74, 6) is 0. The van der Waals surface area contributed by atoms with Crippen LogP contribution in [-0.2, 0) is 0 Å². The second-order valence-electron chi connectivity index (χ2n) is 3.51. The van der Waals surface area contributed by atoms with Crippen LogP contribution in [0.5, 0.6) is 0 Å². The van der Waals surface area contributed by atoms with Crippen LogP contribution in [0.1, 0.15) is 24.5 Å². The Kier molecular flexibility index (Phi) is 2.83. The first-order valence-corrected chi connectivity index (χ1v) is 5.04. The van der Waals surface area contributed by atoms with Gasteiger partial charge in [-0.2, -0.15) is 5.10 Å². The van der Waals surface area contributed by atoms with Crippen molar-refractivity contribution in [2.75, 3.05) is 0 Å². The maximum Gasteiger partial charge on any atom is 0.0829 e. The van der Waals surface area contributed by atoms with E-state index < -0.39 is 6.10 Å². The normalized spacial score (nSPS) is 12.9. The second kappa shape index (κ2) is 4.28. The molecule has 0 radical (unpaired) electrons. The maximum atomic E-state index is 9.94. The minimum Gasteiger partial charge on any atom is -0.388 e. The van der Waals surface area contributed by atoms with Gasteiger partial charge in [-0.25, -0.2) is 4.52 Å². The number of hydrogen-bond donors (Lipinski definition) is 1. The summed E-state index contributed by atoms with van der Waals surface area (Å²) in [5, 5.41) is 14.1. The van der Waals surface area contributed by atoms with E-state index in [9.17, 15) is 5.11 Å². The number of hydrogen-bond acceptors (Lipinski definition) is 2. The van der Waals surface area contributed by atoms with E-state index in [4.69, 9.17) is 0 Å². The molecule has 78 valence electrons. The van der Waals surface area contributed by atoms with E-state index in [0.717, 1.165) is 17.5 Å². The highest BCUT2D eigenvalue weighted by molar-refractivity contribution is 5.54. The number of aliphatic hydroxyl groups is 1. The van der Waals surface area contributed by atoms with Gasteiger partial charge in [-0.1, -0.05) is 12.1 Å². The standard InChI is InChI=1S/C12H14N2O/c1-2-3-7-12(15)10-9-13-14-8-5-4-6-11(10)14/h2,4-6,8-9,12,15H,1,3,7H2. The Hall–Kier alpha value is -1.61. The molecule has 0 bridgehead atoms. The van der Waals surface area contributed by atoms with E-state index in [1.165, 1.54) is 0 Å². The highest BCUT2D eigenvalue weighted by Gasteiger charge is 2.11. The number of fused-ring (bicyclic) bond motifs is 1. The van der Waals surface area contributed by atoms with Gasteiger partial charge in [0.05, 0.1) is 17.8 Å². The predicted octanol–water partition coefficient (Wildman–Crippen LogP) is 2.33. The molecule has 2 aromatic heterocycles. The molecule has 0 saturated heterocycles. The van der Waals surface area contributed by atoms with Crippen molar-refractivity contribution in [1.29, 1.82) is 0 Å². The quantitative estimate of drug-likeness (QED) is 0.773. The number of rotatable bonds is 4. The van der Waals surface area contributed by atoms with E-state index in [1.54, 1.807) is 10.7 Å². The van der Waals surface area contributed by atoms with Gasteiger partial charge in [0.2, 0.25) is 0 Å². The van der Waals surface area contributed by atoms with Gasteiger partial charge in [0.15, 0.2) is 0 Å². The molecule has 0 aliphatic heterocycles.